The molecule has 2 aromatic rings. The molecule has 6 nitrogen and oxygen atoms in total. The van der Waals surface area contributed by atoms with Crippen molar-refractivity contribution < 1.29 is 14.3 Å². The van der Waals surface area contributed by atoms with E-state index in [4.69, 9.17) is 4.74 Å². The maximum Gasteiger partial charge on any atom is 0.317 e. The first-order valence-corrected chi connectivity index (χ1v) is 9.04. The molecule has 0 aromatic heterocycles. The highest BCUT2D eigenvalue weighted by atomic mass is 16.5. The molecule has 2 aromatic carbocycles. The predicted octanol–water partition coefficient (Wildman–Crippen LogP) is 3.08. The number of amides is 3. The lowest BCUT2D eigenvalue weighted by molar-refractivity contribution is -0.116. The number of nitrogens with zero attached hydrogens (tertiary/aromatic N) is 2. The highest BCUT2D eigenvalue weighted by Gasteiger charge is 2.20. The Hall–Kier alpha value is -3.02. The molecule has 3 amide bonds. The fourth-order valence-corrected chi connectivity index (χ4v) is 3.17. The van der Waals surface area contributed by atoms with Gasteiger partial charge in [-0.05, 0) is 36.8 Å². The molecule has 1 aliphatic rings. The number of urea groups is 1. The SMILES string of the molecule is CNC(=O)N1CCOc2ccc(CN(C(C)=O)c3ccc(C)cc3)cc2C1. The van der Waals surface area contributed by atoms with Crippen molar-refractivity contribution in [2.75, 3.05) is 25.1 Å². The lowest BCUT2D eigenvalue weighted by Gasteiger charge is -2.23. The number of ether oxygens (including phenoxy) is 1. The molecule has 142 valence electrons. The molecule has 0 unspecified atom stereocenters. The van der Waals surface area contributed by atoms with E-state index in [0.717, 1.165) is 28.1 Å². The summed E-state index contributed by atoms with van der Waals surface area (Å²) < 4.78 is 5.78. The van der Waals surface area contributed by atoms with Gasteiger partial charge in [0.1, 0.15) is 12.4 Å². The molecule has 1 aliphatic heterocycles. The number of nitrogens with one attached hydrogen (secondary N) is 1. The molecule has 0 bridgehead atoms. The summed E-state index contributed by atoms with van der Waals surface area (Å²) in [5.74, 6) is 0.770. The van der Waals surface area contributed by atoms with Crippen LogP contribution in [-0.2, 0) is 17.9 Å². The molecule has 0 aliphatic carbocycles. The quantitative estimate of drug-likeness (QED) is 0.907. The van der Waals surface area contributed by atoms with Crippen LogP contribution in [0.2, 0.25) is 0 Å². The van der Waals surface area contributed by atoms with Crippen LogP contribution in [-0.4, -0.2) is 37.0 Å². The second-order valence-electron chi connectivity index (χ2n) is 6.71. The molecule has 0 saturated carbocycles. The lowest BCUT2D eigenvalue weighted by Crippen LogP contribution is -2.38. The van der Waals surface area contributed by atoms with Crippen molar-refractivity contribution in [2.45, 2.75) is 26.9 Å². The summed E-state index contributed by atoms with van der Waals surface area (Å²) in [5, 5.41) is 2.66. The summed E-state index contributed by atoms with van der Waals surface area (Å²) in [6.07, 6.45) is 0. The number of fused-ring (bicyclic) bond motifs is 1. The van der Waals surface area contributed by atoms with Gasteiger partial charge < -0.3 is 19.9 Å². The fourth-order valence-electron chi connectivity index (χ4n) is 3.17. The van der Waals surface area contributed by atoms with Gasteiger partial charge in [-0.15, -0.1) is 0 Å². The third-order valence-corrected chi connectivity index (χ3v) is 4.67. The van der Waals surface area contributed by atoms with Gasteiger partial charge in [0.2, 0.25) is 5.91 Å². The second kappa shape index (κ2) is 8.12. The number of hydrogen-bond donors (Lipinski definition) is 1. The number of carbonyl (C=O) groups is 2. The molecule has 0 fully saturated rings. The van der Waals surface area contributed by atoms with Crippen LogP contribution in [0.1, 0.15) is 23.6 Å². The average molecular weight is 367 g/mol. The highest BCUT2D eigenvalue weighted by Crippen LogP contribution is 2.26. The Bertz CT molecular complexity index is 833. The van der Waals surface area contributed by atoms with Gasteiger partial charge in [0.05, 0.1) is 19.6 Å². The van der Waals surface area contributed by atoms with Crippen LogP contribution in [0.5, 0.6) is 5.75 Å². The van der Waals surface area contributed by atoms with Gasteiger partial charge in [-0.3, -0.25) is 4.79 Å². The zero-order valence-corrected chi connectivity index (χ0v) is 16.0. The Balaban J connectivity index is 1.84. The van der Waals surface area contributed by atoms with Crippen molar-refractivity contribution in [1.82, 2.24) is 10.2 Å². The monoisotopic (exact) mass is 367 g/mol. The number of anilines is 1. The van der Waals surface area contributed by atoms with E-state index in [9.17, 15) is 9.59 Å². The smallest absolute Gasteiger partial charge is 0.317 e. The summed E-state index contributed by atoms with van der Waals surface area (Å²) in [6, 6.07) is 13.7. The normalized spacial score (nSPS) is 13.2. The largest absolute Gasteiger partial charge is 0.491 e. The number of hydrogen-bond acceptors (Lipinski definition) is 3. The summed E-state index contributed by atoms with van der Waals surface area (Å²) in [4.78, 5) is 27.7. The predicted molar refractivity (Wildman–Crippen MR) is 105 cm³/mol. The molecule has 1 N–H and O–H groups in total. The van der Waals surface area contributed by atoms with E-state index < -0.39 is 0 Å². The molecule has 3 rings (SSSR count). The number of aryl methyl sites for hydroxylation is 1. The van der Waals surface area contributed by atoms with Crippen molar-refractivity contribution in [3.63, 3.8) is 0 Å². The zero-order valence-electron chi connectivity index (χ0n) is 16.0. The van der Waals surface area contributed by atoms with Crippen molar-refractivity contribution in [3.05, 3.63) is 59.2 Å². The Morgan fingerprint density at radius 1 is 1.19 bits per heavy atom. The third kappa shape index (κ3) is 4.39. The van der Waals surface area contributed by atoms with Gasteiger partial charge in [0, 0.05) is 25.2 Å². The first-order valence-electron chi connectivity index (χ1n) is 9.04. The Kier molecular flexibility index (Phi) is 5.64. The standard InChI is InChI=1S/C21H25N3O3/c1-15-4-7-19(8-5-15)24(16(2)25)13-17-6-9-20-18(12-17)14-23(10-11-27-20)21(26)22-3/h4-9,12H,10-11,13-14H2,1-3H3,(H,22,26). The van der Waals surface area contributed by atoms with Crippen LogP contribution in [0.3, 0.4) is 0 Å². The van der Waals surface area contributed by atoms with Gasteiger partial charge in [-0.1, -0.05) is 23.8 Å². The Labute approximate surface area is 159 Å². The van der Waals surface area contributed by atoms with Gasteiger partial charge in [-0.2, -0.15) is 0 Å². The van der Waals surface area contributed by atoms with Crippen LogP contribution < -0.4 is 15.0 Å². The Morgan fingerprint density at radius 2 is 1.93 bits per heavy atom. The zero-order chi connectivity index (χ0) is 19.4. The van der Waals surface area contributed by atoms with E-state index in [1.54, 1.807) is 23.8 Å². The Morgan fingerprint density at radius 3 is 2.59 bits per heavy atom. The van der Waals surface area contributed by atoms with Crippen molar-refractivity contribution in [2.24, 2.45) is 0 Å². The fraction of sp³-hybridized carbons (Fsp3) is 0.333. The van der Waals surface area contributed by atoms with E-state index >= 15 is 0 Å². The molecule has 0 spiro atoms. The summed E-state index contributed by atoms with van der Waals surface area (Å²) in [7, 11) is 1.62. The second-order valence-corrected chi connectivity index (χ2v) is 6.71. The van der Waals surface area contributed by atoms with E-state index in [-0.39, 0.29) is 11.9 Å². The molecule has 1 heterocycles. The molecule has 0 atom stereocenters. The van der Waals surface area contributed by atoms with Crippen molar-refractivity contribution >= 4 is 17.6 Å². The van der Waals surface area contributed by atoms with Gasteiger partial charge >= 0.3 is 6.03 Å². The number of carbonyl (C=O) groups excluding carboxylic acids is 2. The van der Waals surface area contributed by atoms with E-state index in [2.05, 4.69) is 5.32 Å². The van der Waals surface area contributed by atoms with E-state index in [1.807, 2.05) is 49.4 Å². The van der Waals surface area contributed by atoms with Crippen LogP contribution in [0, 0.1) is 6.92 Å². The average Bonchev–Trinajstić information content (AvgIpc) is 2.88. The lowest BCUT2D eigenvalue weighted by atomic mass is 10.1. The minimum atomic E-state index is -0.123. The topological polar surface area (TPSA) is 61.9 Å². The highest BCUT2D eigenvalue weighted by molar-refractivity contribution is 5.91. The van der Waals surface area contributed by atoms with Crippen molar-refractivity contribution in [3.8, 4) is 5.75 Å². The molecule has 27 heavy (non-hydrogen) atoms. The summed E-state index contributed by atoms with van der Waals surface area (Å²) in [5.41, 5.74) is 3.96. The number of benzene rings is 2. The molecular formula is C21H25N3O3. The number of rotatable bonds is 3. The van der Waals surface area contributed by atoms with E-state index in [0.29, 0.717) is 26.2 Å². The minimum Gasteiger partial charge on any atom is -0.491 e. The molecular weight excluding hydrogens is 342 g/mol. The van der Waals surface area contributed by atoms with Crippen LogP contribution >= 0.6 is 0 Å². The first-order chi connectivity index (χ1) is 13.0. The maximum absolute atomic E-state index is 12.2. The molecule has 0 saturated heterocycles. The van der Waals surface area contributed by atoms with Crippen LogP contribution in [0.15, 0.2) is 42.5 Å². The molecule has 6 heteroatoms. The van der Waals surface area contributed by atoms with Crippen molar-refractivity contribution in [1.29, 1.82) is 0 Å². The van der Waals surface area contributed by atoms with E-state index in [1.165, 1.54) is 0 Å². The minimum absolute atomic E-state index is 0.0166. The van der Waals surface area contributed by atoms with Gasteiger partial charge in [-0.25, -0.2) is 4.79 Å². The van der Waals surface area contributed by atoms with Crippen LogP contribution in [0.4, 0.5) is 10.5 Å². The van der Waals surface area contributed by atoms with Gasteiger partial charge in [0.25, 0.3) is 0 Å². The third-order valence-electron chi connectivity index (χ3n) is 4.67. The summed E-state index contributed by atoms with van der Waals surface area (Å²) >= 11 is 0. The summed E-state index contributed by atoms with van der Waals surface area (Å²) in [6.45, 7) is 5.53. The molecule has 0 radical (unpaired) electrons. The first kappa shape index (κ1) is 18.8. The maximum atomic E-state index is 12.2. The van der Waals surface area contributed by atoms with Crippen LogP contribution in [0.25, 0.3) is 0 Å². The van der Waals surface area contributed by atoms with Gasteiger partial charge in [0.15, 0.2) is 0 Å².